The Morgan fingerprint density at radius 3 is 2.44 bits per heavy atom. The van der Waals surface area contributed by atoms with Crippen molar-refractivity contribution >= 4 is 12.4 Å². The van der Waals surface area contributed by atoms with Gasteiger partial charge in [-0.3, -0.25) is 0 Å². The Kier molecular flexibility index (Phi) is 8.59. The van der Waals surface area contributed by atoms with E-state index in [1.165, 1.54) is 12.8 Å². The highest BCUT2D eigenvalue weighted by atomic mass is 35.5. The van der Waals surface area contributed by atoms with Crippen LogP contribution in [0.3, 0.4) is 0 Å². The summed E-state index contributed by atoms with van der Waals surface area (Å²) < 4.78 is 10.5. The number of ether oxygens (including phenoxy) is 2. The van der Waals surface area contributed by atoms with Gasteiger partial charge in [0.1, 0.15) is 11.5 Å². The molecule has 0 aliphatic heterocycles. The standard InChI is InChI=1S/C14H23NO2.ClH/c1-4-5-6-7-13(15)12-9-8-11(16-2)10-14(12)17-3;/h8-10,13H,4-7,15H2,1-3H3;1H/t13-;/m1./s1. The van der Waals surface area contributed by atoms with E-state index < -0.39 is 0 Å². The maximum Gasteiger partial charge on any atom is 0.127 e. The third-order valence-electron chi connectivity index (χ3n) is 2.96. The smallest absolute Gasteiger partial charge is 0.127 e. The van der Waals surface area contributed by atoms with E-state index in [2.05, 4.69) is 6.92 Å². The lowest BCUT2D eigenvalue weighted by Gasteiger charge is -2.16. The molecule has 0 aromatic heterocycles. The molecule has 18 heavy (non-hydrogen) atoms. The SMILES string of the molecule is CCCCC[C@@H](N)c1ccc(OC)cc1OC.Cl. The van der Waals surface area contributed by atoms with Crippen molar-refractivity contribution in [3.05, 3.63) is 23.8 Å². The Morgan fingerprint density at radius 1 is 1.17 bits per heavy atom. The fourth-order valence-electron chi connectivity index (χ4n) is 1.89. The minimum atomic E-state index is 0. The normalized spacial score (nSPS) is 11.6. The molecule has 1 aromatic rings. The van der Waals surface area contributed by atoms with Crippen molar-refractivity contribution < 1.29 is 9.47 Å². The molecule has 0 aliphatic carbocycles. The lowest BCUT2D eigenvalue weighted by Crippen LogP contribution is -2.11. The number of hydrogen-bond acceptors (Lipinski definition) is 3. The molecule has 0 spiro atoms. The zero-order chi connectivity index (χ0) is 12.7. The molecular formula is C14H24ClNO2. The fraction of sp³-hybridized carbons (Fsp3) is 0.571. The predicted octanol–water partition coefficient (Wildman–Crippen LogP) is 3.71. The largest absolute Gasteiger partial charge is 0.497 e. The summed E-state index contributed by atoms with van der Waals surface area (Å²) in [6, 6.07) is 5.85. The molecule has 2 N–H and O–H groups in total. The Morgan fingerprint density at radius 2 is 1.89 bits per heavy atom. The van der Waals surface area contributed by atoms with Gasteiger partial charge < -0.3 is 15.2 Å². The number of hydrogen-bond donors (Lipinski definition) is 1. The monoisotopic (exact) mass is 273 g/mol. The van der Waals surface area contributed by atoms with Crippen LogP contribution in [0.5, 0.6) is 11.5 Å². The van der Waals surface area contributed by atoms with E-state index in [4.69, 9.17) is 15.2 Å². The fourth-order valence-corrected chi connectivity index (χ4v) is 1.89. The van der Waals surface area contributed by atoms with E-state index in [1.54, 1.807) is 14.2 Å². The van der Waals surface area contributed by atoms with Crippen molar-refractivity contribution in [3.63, 3.8) is 0 Å². The van der Waals surface area contributed by atoms with Crippen LogP contribution in [0.15, 0.2) is 18.2 Å². The van der Waals surface area contributed by atoms with Crippen LogP contribution in [-0.2, 0) is 0 Å². The van der Waals surface area contributed by atoms with Gasteiger partial charge in [-0.2, -0.15) is 0 Å². The van der Waals surface area contributed by atoms with Crippen LogP contribution < -0.4 is 15.2 Å². The van der Waals surface area contributed by atoms with Crippen molar-refractivity contribution in [3.8, 4) is 11.5 Å². The molecule has 0 saturated heterocycles. The van der Waals surface area contributed by atoms with E-state index in [0.717, 1.165) is 29.9 Å². The average Bonchev–Trinajstić information content (AvgIpc) is 2.38. The molecule has 3 nitrogen and oxygen atoms in total. The zero-order valence-corrected chi connectivity index (χ0v) is 12.3. The first kappa shape index (κ1) is 17.1. The van der Waals surface area contributed by atoms with Gasteiger partial charge in [-0.1, -0.05) is 32.3 Å². The van der Waals surface area contributed by atoms with Crippen LogP contribution in [0.25, 0.3) is 0 Å². The number of halogens is 1. The summed E-state index contributed by atoms with van der Waals surface area (Å²) >= 11 is 0. The van der Waals surface area contributed by atoms with Gasteiger partial charge >= 0.3 is 0 Å². The van der Waals surface area contributed by atoms with Gasteiger partial charge in [0.15, 0.2) is 0 Å². The summed E-state index contributed by atoms with van der Waals surface area (Å²) in [7, 11) is 3.31. The van der Waals surface area contributed by atoms with Crippen LogP contribution in [0.4, 0.5) is 0 Å². The Bertz CT molecular complexity index is 345. The maximum atomic E-state index is 6.18. The molecule has 1 aromatic carbocycles. The van der Waals surface area contributed by atoms with E-state index in [9.17, 15) is 0 Å². The molecule has 0 fully saturated rings. The van der Waals surface area contributed by atoms with Crippen molar-refractivity contribution in [2.75, 3.05) is 14.2 Å². The molecular weight excluding hydrogens is 250 g/mol. The molecule has 0 amide bonds. The van der Waals surface area contributed by atoms with E-state index in [1.807, 2.05) is 18.2 Å². The number of rotatable bonds is 7. The molecule has 0 bridgehead atoms. The van der Waals surface area contributed by atoms with E-state index in [-0.39, 0.29) is 18.4 Å². The quantitative estimate of drug-likeness (QED) is 0.771. The summed E-state index contributed by atoms with van der Waals surface area (Å²) in [5.74, 6) is 1.61. The highest BCUT2D eigenvalue weighted by Crippen LogP contribution is 2.30. The zero-order valence-electron chi connectivity index (χ0n) is 11.4. The Hall–Kier alpha value is -0.930. The maximum absolute atomic E-state index is 6.18. The van der Waals surface area contributed by atoms with Crippen LogP contribution in [-0.4, -0.2) is 14.2 Å². The molecule has 0 heterocycles. The van der Waals surface area contributed by atoms with Gasteiger partial charge in [-0.05, 0) is 12.5 Å². The minimum Gasteiger partial charge on any atom is -0.497 e. The van der Waals surface area contributed by atoms with Gasteiger partial charge in [0.25, 0.3) is 0 Å². The molecule has 0 unspecified atom stereocenters. The minimum absolute atomic E-state index is 0. The van der Waals surface area contributed by atoms with Gasteiger partial charge in [-0.25, -0.2) is 0 Å². The number of methoxy groups -OCH3 is 2. The molecule has 0 radical (unpaired) electrons. The molecule has 1 atom stereocenters. The van der Waals surface area contributed by atoms with Crippen LogP contribution in [0.2, 0.25) is 0 Å². The molecule has 4 heteroatoms. The predicted molar refractivity (Wildman–Crippen MR) is 77.9 cm³/mol. The highest BCUT2D eigenvalue weighted by Gasteiger charge is 2.12. The van der Waals surface area contributed by atoms with Crippen LogP contribution >= 0.6 is 12.4 Å². The Labute approximate surface area is 116 Å². The first-order chi connectivity index (χ1) is 8.22. The average molecular weight is 274 g/mol. The van der Waals surface area contributed by atoms with Gasteiger partial charge in [0, 0.05) is 17.7 Å². The summed E-state index contributed by atoms with van der Waals surface area (Å²) in [6.07, 6.45) is 4.60. The second-order valence-electron chi connectivity index (χ2n) is 4.21. The van der Waals surface area contributed by atoms with Crippen molar-refractivity contribution in [2.45, 2.75) is 38.6 Å². The Balaban J connectivity index is 0.00000289. The third-order valence-corrected chi connectivity index (χ3v) is 2.96. The van der Waals surface area contributed by atoms with Crippen LogP contribution in [0.1, 0.15) is 44.2 Å². The topological polar surface area (TPSA) is 44.5 Å². The molecule has 1 rings (SSSR count). The van der Waals surface area contributed by atoms with E-state index in [0.29, 0.717) is 0 Å². The molecule has 0 saturated carbocycles. The molecule has 104 valence electrons. The number of nitrogens with two attached hydrogens (primary N) is 1. The number of benzene rings is 1. The third kappa shape index (κ3) is 4.75. The second-order valence-corrected chi connectivity index (χ2v) is 4.21. The van der Waals surface area contributed by atoms with Gasteiger partial charge in [0.2, 0.25) is 0 Å². The number of unbranched alkanes of at least 4 members (excludes halogenated alkanes) is 2. The first-order valence-electron chi connectivity index (χ1n) is 6.20. The van der Waals surface area contributed by atoms with Crippen LogP contribution in [0, 0.1) is 0 Å². The van der Waals surface area contributed by atoms with Crippen molar-refractivity contribution in [2.24, 2.45) is 5.73 Å². The molecule has 0 aliphatic rings. The lowest BCUT2D eigenvalue weighted by atomic mass is 10.0. The van der Waals surface area contributed by atoms with Gasteiger partial charge in [-0.15, -0.1) is 12.4 Å². The first-order valence-corrected chi connectivity index (χ1v) is 6.20. The van der Waals surface area contributed by atoms with Crippen molar-refractivity contribution in [1.29, 1.82) is 0 Å². The van der Waals surface area contributed by atoms with E-state index >= 15 is 0 Å². The summed E-state index contributed by atoms with van der Waals surface area (Å²) in [5, 5.41) is 0. The summed E-state index contributed by atoms with van der Waals surface area (Å²) in [5.41, 5.74) is 7.24. The van der Waals surface area contributed by atoms with Crippen molar-refractivity contribution in [1.82, 2.24) is 0 Å². The lowest BCUT2D eigenvalue weighted by molar-refractivity contribution is 0.387. The summed E-state index contributed by atoms with van der Waals surface area (Å²) in [6.45, 7) is 2.19. The second kappa shape index (κ2) is 9.06. The van der Waals surface area contributed by atoms with Gasteiger partial charge in [0.05, 0.1) is 14.2 Å². The summed E-state index contributed by atoms with van der Waals surface area (Å²) in [4.78, 5) is 0. The highest BCUT2D eigenvalue weighted by molar-refractivity contribution is 5.85.